The Morgan fingerprint density at radius 3 is 2.41 bits per heavy atom. The predicted octanol–water partition coefficient (Wildman–Crippen LogP) is 3.09. The zero-order chi connectivity index (χ0) is 19.2. The molecule has 1 N–H and O–H groups in total. The third-order valence-corrected chi connectivity index (χ3v) is 3.63. The van der Waals surface area contributed by atoms with Crippen LogP contribution in [0.5, 0.6) is 11.5 Å². The number of carbonyl (C=O) groups excluding carboxylic acids is 1. The lowest BCUT2D eigenvalue weighted by molar-refractivity contribution is -0.384. The Labute approximate surface area is 154 Å². The first-order valence-corrected chi connectivity index (χ1v) is 7.91. The number of nitro groups is 1. The molecule has 0 atom stereocenters. The number of nitrogens with zero attached hydrogens (tertiary/aromatic N) is 3. The van der Waals surface area contributed by atoms with Gasteiger partial charge in [-0.05, 0) is 42.5 Å². The molecule has 0 unspecified atom stereocenters. The molecule has 1 aromatic heterocycles. The van der Waals surface area contributed by atoms with E-state index in [0.29, 0.717) is 11.4 Å². The topological polar surface area (TPSA) is 109 Å². The molecule has 3 aromatic rings. The molecule has 138 valence electrons. The van der Waals surface area contributed by atoms with E-state index < -0.39 is 10.8 Å². The van der Waals surface area contributed by atoms with E-state index in [9.17, 15) is 14.9 Å². The summed E-state index contributed by atoms with van der Waals surface area (Å²) in [5.74, 6) is 0.946. The highest BCUT2D eigenvalue weighted by atomic mass is 16.6. The average molecular weight is 368 g/mol. The molecule has 0 aliphatic carbocycles. The van der Waals surface area contributed by atoms with Crippen molar-refractivity contribution in [2.75, 3.05) is 12.4 Å². The Bertz CT molecular complexity index is 935. The number of non-ortho nitro benzene ring substituents is 1. The fourth-order valence-electron chi connectivity index (χ4n) is 2.23. The van der Waals surface area contributed by atoms with Crippen molar-refractivity contribution < 1.29 is 19.2 Å². The van der Waals surface area contributed by atoms with Gasteiger partial charge in [0.15, 0.2) is 12.4 Å². The Kier molecular flexibility index (Phi) is 5.31. The number of carbonyl (C=O) groups is 1. The van der Waals surface area contributed by atoms with Crippen molar-refractivity contribution in [2.24, 2.45) is 0 Å². The normalized spacial score (nSPS) is 10.3. The highest BCUT2D eigenvalue weighted by molar-refractivity contribution is 6.02. The first-order valence-electron chi connectivity index (χ1n) is 7.91. The lowest BCUT2D eigenvalue weighted by Gasteiger charge is -2.07. The van der Waals surface area contributed by atoms with Crippen molar-refractivity contribution in [2.45, 2.75) is 6.73 Å². The Hall–Kier alpha value is -3.88. The van der Waals surface area contributed by atoms with Gasteiger partial charge in [0.25, 0.3) is 11.6 Å². The molecular weight excluding hydrogens is 352 g/mol. The van der Waals surface area contributed by atoms with Gasteiger partial charge in [0, 0.05) is 24.0 Å². The molecule has 9 heteroatoms. The van der Waals surface area contributed by atoms with Crippen LogP contribution in [-0.4, -0.2) is 27.7 Å². The largest absolute Gasteiger partial charge is 0.497 e. The van der Waals surface area contributed by atoms with Crippen LogP contribution in [0.4, 0.5) is 11.4 Å². The van der Waals surface area contributed by atoms with E-state index in [1.165, 1.54) is 28.9 Å². The molecule has 9 nitrogen and oxygen atoms in total. The van der Waals surface area contributed by atoms with Crippen molar-refractivity contribution in [1.29, 1.82) is 0 Å². The Morgan fingerprint density at radius 1 is 1.11 bits per heavy atom. The van der Waals surface area contributed by atoms with E-state index in [1.54, 1.807) is 43.6 Å². The van der Waals surface area contributed by atoms with Crippen molar-refractivity contribution in [3.05, 3.63) is 76.6 Å². The third-order valence-electron chi connectivity index (χ3n) is 3.63. The molecule has 1 heterocycles. The summed E-state index contributed by atoms with van der Waals surface area (Å²) in [5.41, 5.74) is 0.592. The van der Waals surface area contributed by atoms with Gasteiger partial charge >= 0.3 is 0 Å². The maximum absolute atomic E-state index is 12.2. The van der Waals surface area contributed by atoms with E-state index in [-0.39, 0.29) is 18.1 Å². The van der Waals surface area contributed by atoms with Gasteiger partial charge in [0.1, 0.15) is 11.5 Å². The van der Waals surface area contributed by atoms with E-state index in [0.717, 1.165) is 5.75 Å². The van der Waals surface area contributed by atoms with Crippen LogP contribution in [0, 0.1) is 10.1 Å². The minimum atomic E-state index is -0.504. The van der Waals surface area contributed by atoms with Gasteiger partial charge in [-0.3, -0.25) is 14.9 Å². The Morgan fingerprint density at radius 2 is 1.78 bits per heavy atom. The van der Waals surface area contributed by atoms with Crippen LogP contribution in [-0.2, 0) is 6.73 Å². The van der Waals surface area contributed by atoms with E-state index in [4.69, 9.17) is 9.47 Å². The maximum Gasteiger partial charge on any atom is 0.276 e. The number of benzene rings is 2. The van der Waals surface area contributed by atoms with Crippen LogP contribution in [0.15, 0.2) is 60.8 Å². The lowest BCUT2D eigenvalue weighted by Crippen LogP contribution is -2.14. The number of amides is 1. The summed E-state index contributed by atoms with van der Waals surface area (Å²) in [5, 5.41) is 17.4. The number of nitro benzene ring substituents is 1. The number of hydrogen-bond acceptors (Lipinski definition) is 6. The molecule has 1 amide bonds. The van der Waals surface area contributed by atoms with Crippen LogP contribution in [0.2, 0.25) is 0 Å². The monoisotopic (exact) mass is 368 g/mol. The summed E-state index contributed by atoms with van der Waals surface area (Å²) in [6, 6.07) is 14.2. The van der Waals surface area contributed by atoms with Crippen molar-refractivity contribution in [3.63, 3.8) is 0 Å². The average Bonchev–Trinajstić information content (AvgIpc) is 3.16. The van der Waals surface area contributed by atoms with Gasteiger partial charge in [0.05, 0.1) is 12.0 Å². The second-order valence-electron chi connectivity index (χ2n) is 5.45. The standard InChI is InChI=1S/C18H16N4O5/c1-26-15-6-8-16(9-7-15)27-12-21-11-10-17(20-21)18(23)19-13-2-4-14(5-3-13)22(24)25/h2-11H,12H2,1H3,(H,19,23). The van der Waals surface area contributed by atoms with Gasteiger partial charge < -0.3 is 14.8 Å². The summed E-state index contributed by atoms with van der Waals surface area (Å²) < 4.78 is 12.1. The van der Waals surface area contributed by atoms with Crippen molar-refractivity contribution in [3.8, 4) is 11.5 Å². The molecule has 3 rings (SSSR count). The van der Waals surface area contributed by atoms with E-state index >= 15 is 0 Å². The lowest BCUT2D eigenvalue weighted by atomic mass is 10.3. The SMILES string of the molecule is COc1ccc(OCn2ccc(C(=O)Nc3ccc([N+](=O)[O-])cc3)n2)cc1. The molecule has 0 saturated heterocycles. The number of rotatable bonds is 7. The molecule has 2 aromatic carbocycles. The summed E-state index contributed by atoms with van der Waals surface area (Å²) in [6.07, 6.45) is 1.62. The molecule has 0 spiro atoms. The van der Waals surface area contributed by atoms with Crippen molar-refractivity contribution in [1.82, 2.24) is 9.78 Å². The van der Waals surface area contributed by atoms with Crippen LogP contribution < -0.4 is 14.8 Å². The highest BCUT2D eigenvalue weighted by Gasteiger charge is 2.11. The second-order valence-corrected chi connectivity index (χ2v) is 5.45. The molecular formula is C18H16N4O5. The van der Waals surface area contributed by atoms with Gasteiger partial charge in [0.2, 0.25) is 0 Å². The molecule has 0 fully saturated rings. The van der Waals surface area contributed by atoms with Crippen molar-refractivity contribution >= 4 is 17.3 Å². The molecule has 0 bridgehead atoms. The number of anilines is 1. The predicted molar refractivity (Wildman–Crippen MR) is 96.9 cm³/mol. The first-order chi connectivity index (χ1) is 13.0. The fraction of sp³-hybridized carbons (Fsp3) is 0.111. The molecule has 0 aliphatic rings. The number of nitrogens with one attached hydrogen (secondary N) is 1. The van der Waals surface area contributed by atoms with Gasteiger partial charge in [-0.25, -0.2) is 4.68 Å². The van der Waals surface area contributed by atoms with Gasteiger partial charge in [-0.1, -0.05) is 0 Å². The fourth-order valence-corrected chi connectivity index (χ4v) is 2.23. The number of ether oxygens (including phenoxy) is 2. The number of aromatic nitrogens is 2. The quantitative estimate of drug-likeness (QED) is 0.507. The van der Waals surface area contributed by atoms with Crippen LogP contribution in [0.3, 0.4) is 0 Å². The van der Waals surface area contributed by atoms with Gasteiger partial charge in [-0.2, -0.15) is 5.10 Å². The highest BCUT2D eigenvalue weighted by Crippen LogP contribution is 2.18. The minimum Gasteiger partial charge on any atom is -0.497 e. The summed E-state index contributed by atoms with van der Waals surface area (Å²) in [7, 11) is 1.59. The van der Waals surface area contributed by atoms with E-state index in [2.05, 4.69) is 10.4 Å². The molecule has 0 saturated carbocycles. The number of hydrogen-bond donors (Lipinski definition) is 1. The maximum atomic E-state index is 12.2. The van der Waals surface area contributed by atoms with Crippen LogP contribution >= 0.6 is 0 Å². The summed E-state index contributed by atoms with van der Waals surface area (Å²) >= 11 is 0. The third kappa shape index (κ3) is 4.60. The molecule has 27 heavy (non-hydrogen) atoms. The van der Waals surface area contributed by atoms with Crippen LogP contribution in [0.25, 0.3) is 0 Å². The number of methoxy groups -OCH3 is 1. The summed E-state index contributed by atoms with van der Waals surface area (Å²) in [4.78, 5) is 22.4. The second kappa shape index (κ2) is 8.00. The first kappa shape index (κ1) is 17.9. The molecule has 0 radical (unpaired) electrons. The zero-order valence-electron chi connectivity index (χ0n) is 14.4. The van der Waals surface area contributed by atoms with Gasteiger partial charge in [-0.15, -0.1) is 0 Å². The Balaban J connectivity index is 1.57. The zero-order valence-corrected chi connectivity index (χ0v) is 14.4. The van der Waals surface area contributed by atoms with E-state index in [1.807, 2.05) is 0 Å². The summed E-state index contributed by atoms with van der Waals surface area (Å²) in [6.45, 7) is 0.136. The minimum absolute atomic E-state index is 0.0482. The molecule has 0 aliphatic heterocycles. The van der Waals surface area contributed by atoms with Crippen LogP contribution in [0.1, 0.15) is 10.5 Å². The smallest absolute Gasteiger partial charge is 0.276 e.